The molecule has 2 aromatic rings. The zero-order chi connectivity index (χ0) is 21.7. The Bertz CT molecular complexity index is 1030. The van der Waals surface area contributed by atoms with Crippen LogP contribution in [0.4, 0.5) is 0 Å². The molecule has 0 radical (unpaired) electrons. The Labute approximate surface area is 184 Å². The van der Waals surface area contributed by atoms with E-state index in [4.69, 9.17) is 21.7 Å². The summed E-state index contributed by atoms with van der Waals surface area (Å²) in [5.74, 6) is 0.370. The second-order valence-corrected chi connectivity index (χ2v) is 7.91. The molecular weight excluding hydrogens is 420 g/mol. The summed E-state index contributed by atoms with van der Waals surface area (Å²) < 4.78 is 11.1. The maximum atomic E-state index is 12.8. The van der Waals surface area contributed by atoms with Gasteiger partial charge in [0.2, 0.25) is 0 Å². The third kappa shape index (κ3) is 4.55. The summed E-state index contributed by atoms with van der Waals surface area (Å²) >= 11 is 6.41. The third-order valence-corrected chi connectivity index (χ3v) is 5.59. The molecular formula is C22H20N2O4S2. The zero-order valence-corrected chi connectivity index (χ0v) is 18.1. The van der Waals surface area contributed by atoms with E-state index >= 15 is 0 Å². The van der Waals surface area contributed by atoms with Crippen LogP contribution in [-0.4, -0.2) is 35.4 Å². The highest BCUT2D eigenvalue weighted by atomic mass is 32.2. The van der Waals surface area contributed by atoms with E-state index in [-0.39, 0.29) is 4.32 Å². The number of thiocarbonyl (C=S) groups is 1. The lowest BCUT2D eigenvalue weighted by molar-refractivity contribution is -0.123. The molecule has 0 saturated carbocycles. The molecule has 1 saturated heterocycles. The minimum Gasteiger partial charge on any atom is -0.493 e. The Hall–Kier alpha value is -3.10. The molecule has 0 bridgehead atoms. The molecule has 2 amide bonds. The fourth-order valence-electron chi connectivity index (χ4n) is 2.93. The van der Waals surface area contributed by atoms with E-state index in [1.54, 1.807) is 56.7 Å². The number of carbonyl (C=O) groups is 2. The number of carbonyl (C=O) groups excluding carboxylic acids is 2. The number of allylic oxidation sites excluding steroid dienone is 1. The van der Waals surface area contributed by atoms with Crippen molar-refractivity contribution in [1.29, 1.82) is 0 Å². The van der Waals surface area contributed by atoms with E-state index in [9.17, 15) is 9.59 Å². The maximum Gasteiger partial charge on any atom is 0.285 e. The van der Waals surface area contributed by atoms with E-state index in [0.29, 0.717) is 28.4 Å². The Kier molecular flexibility index (Phi) is 6.91. The molecule has 1 heterocycles. The van der Waals surface area contributed by atoms with E-state index in [2.05, 4.69) is 12.0 Å². The first-order chi connectivity index (χ1) is 14.5. The number of rotatable bonds is 7. The van der Waals surface area contributed by atoms with Gasteiger partial charge in [0.25, 0.3) is 11.8 Å². The van der Waals surface area contributed by atoms with Gasteiger partial charge in [-0.3, -0.25) is 15.0 Å². The minimum atomic E-state index is -0.410. The molecule has 8 heteroatoms. The smallest absolute Gasteiger partial charge is 0.285 e. The Balaban J connectivity index is 1.87. The summed E-state index contributed by atoms with van der Waals surface area (Å²) in [4.78, 5) is 25.6. The number of methoxy groups -OCH3 is 2. The number of amides is 2. The van der Waals surface area contributed by atoms with Crippen LogP contribution in [0.15, 0.2) is 60.0 Å². The van der Waals surface area contributed by atoms with Crippen LogP contribution in [-0.2, 0) is 11.2 Å². The van der Waals surface area contributed by atoms with E-state index in [0.717, 1.165) is 27.9 Å². The van der Waals surface area contributed by atoms with Gasteiger partial charge in [0.15, 0.2) is 15.8 Å². The molecule has 0 spiro atoms. The summed E-state index contributed by atoms with van der Waals surface area (Å²) in [7, 11) is 3.13. The van der Waals surface area contributed by atoms with Crippen molar-refractivity contribution in [2.24, 2.45) is 0 Å². The predicted octanol–water partition coefficient (Wildman–Crippen LogP) is 3.98. The van der Waals surface area contributed by atoms with Gasteiger partial charge in [0.1, 0.15) is 0 Å². The molecule has 1 aliphatic rings. The molecule has 3 rings (SSSR count). The number of thioether (sulfide) groups is 1. The second kappa shape index (κ2) is 9.60. The van der Waals surface area contributed by atoms with Crippen molar-refractivity contribution < 1.29 is 19.1 Å². The lowest BCUT2D eigenvalue weighted by atomic mass is 10.0. The number of hydrogen-bond acceptors (Lipinski definition) is 6. The van der Waals surface area contributed by atoms with Crippen molar-refractivity contribution in [3.05, 3.63) is 76.7 Å². The quantitative estimate of drug-likeness (QED) is 0.399. The van der Waals surface area contributed by atoms with Crippen LogP contribution in [0.3, 0.4) is 0 Å². The van der Waals surface area contributed by atoms with E-state index < -0.39 is 11.8 Å². The highest BCUT2D eigenvalue weighted by molar-refractivity contribution is 8.26. The molecule has 6 nitrogen and oxygen atoms in total. The van der Waals surface area contributed by atoms with Gasteiger partial charge in [0, 0.05) is 11.1 Å². The summed E-state index contributed by atoms with van der Waals surface area (Å²) in [6, 6.07) is 12.3. The highest BCUT2D eigenvalue weighted by Crippen LogP contribution is 2.36. The number of nitrogens with one attached hydrogen (secondary N) is 1. The van der Waals surface area contributed by atoms with Crippen LogP contribution in [0.25, 0.3) is 6.08 Å². The minimum absolute atomic E-state index is 0.252. The van der Waals surface area contributed by atoms with Crippen molar-refractivity contribution in [2.45, 2.75) is 6.42 Å². The van der Waals surface area contributed by atoms with Gasteiger partial charge >= 0.3 is 0 Å². The SMILES string of the molecule is C=CCc1cc(C=C2SC(=S)N(NC(=O)c3ccccc3)C2=O)cc(OC)c1OC. The number of nitrogens with zero attached hydrogens (tertiary/aromatic N) is 1. The highest BCUT2D eigenvalue weighted by Gasteiger charge is 2.33. The van der Waals surface area contributed by atoms with Crippen molar-refractivity contribution in [3.8, 4) is 11.5 Å². The molecule has 0 atom stereocenters. The molecule has 1 fully saturated rings. The monoisotopic (exact) mass is 440 g/mol. The summed E-state index contributed by atoms with van der Waals surface area (Å²) in [5.41, 5.74) is 4.63. The largest absolute Gasteiger partial charge is 0.493 e. The first-order valence-electron chi connectivity index (χ1n) is 8.98. The molecule has 0 unspecified atom stereocenters. The van der Waals surface area contributed by atoms with Gasteiger partial charge in [-0.05, 0) is 54.5 Å². The Morgan fingerprint density at radius 2 is 1.97 bits per heavy atom. The maximum absolute atomic E-state index is 12.8. The standard InChI is InChI=1S/C22H20N2O4S2/c1-4-8-16-11-14(12-17(27-2)19(16)28-3)13-18-21(26)24(22(29)30-18)23-20(25)15-9-6-5-7-10-15/h4-7,9-13H,1,8H2,2-3H3,(H,23,25). The number of hydrazine groups is 1. The molecule has 1 aliphatic heterocycles. The van der Waals surface area contributed by atoms with Crippen LogP contribution < -0.4 is 14.9 Å². The summed E-state index contributed by atoms with van der Waals surface area (Å²) in [6.07, 6.45) is 4.05. The normalized spacial score (nSPS) is 14.7. The van der Waals surface area contributed by atoms with Crippen molar-refractivity contribution in [2.75, 3.05) is 14.2 Å². The first kappa shape index (κ1) is 21.6. The average Bonchev–Trinajstić information content (AvgIpc) is 3.01. The summed E-state index contributed by atoms with van der Waals surface area (Å²) in [6.45, 7) is 3.77. The summed E-state index contributed by atoms with van der Waals surface area (Å²) in [5, 5.41) is 1.09. The lowest BCUT2D eigenvalue weighted by Crippen LogP contribution is -2.44. The van der Waals surface area contributed by atoms with Gasteiger partial charge in [-0.25, -0.2) is 0 Å². The topological polar surface area (TPSA) is 67.9 Å². The second-order valence-electron chi connectivity index (χ2n) is 6.23. The predicted molar refractivity (Wildman–Crippen MR) is 122 cm³/mol. The van der Waals surface area contributed by atoms with Crippen LogP contribution in [0.2, 0.25) is 0 Å². The van der Waals surface area contributed by atoms with Crippen LogP contribution in [0.1, 0.15) is 21.5 Å². The lowest BCUT2D eigenvalue weighted by Gasteiger charge is -2.15. The number of hydrogen-bond donors (Lipinski definition) is 1. The van der Waals surface area contributed by atoms with Gasteiger partial charge in [-0.1, -0.05) is 36.0 Å². The number of benzene rings is 2. The molecule has 2 aromatic carbocycles. The van der Waals surface area contributed by atoms with Crippen LogP contribution in [0, 0.1) is 0 Å². The first-order valence-corrected chi connectivity index (χ1v) is 10.2. The number of ether oxygens (including phenoxy) is 2. The van der Waals surface area contributed by atoms with E-state index in [1.165, 1.54) is 0 Å². The van der Waals surface area contributed by atoms with Gasteiger partial charge < -0.3 is 9.47 Å². The van der Waals surface area contributed by atoms with Crippen molar-refractivity contribution in [1.82, 2.24) is 10.4 Å². The van der Waals surface area contributed by atoms with Gasteiger partial charge in [-0.2, -0.15) is 5.01 Å². The van der Waals surface area contributed by atoms with Gasteiger partial charge in [0.05, 0.1) is 19.1 Å². The fraction of sp³-hybridized carbons (Fsp3) is 0.136. The van der Waals surface area contributed by atoms with Crippen molar-refractivity contribution >= 4 is 46.2 Å². The Morgan fingerprint density at radius 3 is 2.60 bits per heavy atom. The molecule has 1 N–H and O–H groups in total. The molecule has 154 valence electrons. The molecule has 0 aromatic heterocycles. The Morgan fingerprint density at radius 1 is 1.23 bits per heavy atom. The third-order valence-electron chi connectivity index (χ3n) is 4.28. The molecule has 0 aliphatic carbocycles. The van der Waals surface area contributed by atoms with Crippen LogP contribution in [0.5, 0.6) is 11.5 Å². The van der Waals surface area contributed by atoms with Crippen molar-refractivity contribution in [3.63, 3.8) is 0 Å². The fourth-order valence-corrected chi connectivity index (χ4v) is 4.11. The van der Waals surface area contributed by atoms with E-state index in [1.807, 2.05) is 12.1 Å². The van der Waals surface area contributed by atoms with Gasteiger partial charge in [-0.15, -0.1) is 6.58 Å². The molecule has 30 heavy (non-hydrogen) atoms. The zero-order valence-electron chi connectivity index (χ0n) is 16.5. The average molecular weight is 441 g/mol. The van der Waals surface area contributed by atoms with Crippen LogP contribution >= 0.6 is 24.0 Å².